The highest BCUT2D eigenvalue weighted by Gasteiger charge is 2.00. The Balaban J connectivity index is 2.61. The summed E-state index contributed by atoms with van der Waals surface area (Å²) in [4.78, 5) is 0. The van der Waals surface area contributed by atoms with E-state index in [-0.39, 0.29) is 11.9 Å². The van der Waals surface area contributed by atoms with Gasteiger partial charge >= 0.3 is 0 Å². The van der Waals surface area contributed by atoms with Gasteiger partial charge in [0, 0.05) is 6.54 Å². The van der Waals surface area contributed by atoms with Gasteiger partial charge in [0.2, 0.25) is 0 Å². The summed E-state index contributed by atoms with van der Waals surface area (Å²) in [6.45, 7) is 4.34. The third kappa shape index (κ3) is 2.86. The summed E-state index contributed by atoms with van der Waals surface area (Å²) in [6, 6.07) is 5.11. The van der Waals surface area contributed by atoms with E-state index < -0.39 is 0 Å². The third-order valence-electron chi connectivity index (χ3n) is 2.08. The van der Waals surface area contributed by atoms with Gasteiger partial charge in [-0.15, -0.1) is 6.42 Å². The lowest BCUT2D eigenvalue weighted by Crippen LogP contribution is -2.23. The van der Waals surface area contributed by atoms with Crippen LogP contribution in [-0.2, 0) is 6.54 Å². The summed E-state index contributed by atoms with van der Waals surface area (Å²) < 4.78 is 12.9. The van der Waals surface area contributed by atoms with Crippen LogP contribution >= 0.6 is 0 Å². The highest BCUT2D eigenvalue weighted by atomic mass is 19.1. The minimum atomic E-state index is -0.168. The molecule has 0 aliphatic heterocycles. The second-order valence-corrected chi connectivity index (χ2v) is 3.35. The van der Waals surface area contributed by atoms with E-state index in [0.29, 0.717) is 12.1 Å². The number of nitrogens with one attached hydrogen (secondary N) is 1. The lowest BCUT2D eigenvalue weighted by Gasteiger charge is -2.08. The molecule has 0 aromatic heterocycles. The quantitative estimate of drug-likeness (QED) is 0.722. The zero-order valence-corrected chi connectivity index (χ0v) is 8.47. The Hall–Kier alpha value is -1.33. The Morgan fingerprint density at radius 1 is 1.57 bits per heavy atom. The minimum Gasteiger partial charge on any atom is -0.300 e. The fourth-order valence-electron chi connectivity index (χ4n) is 1.15. The maximum Gasteiger partial charge on any atom is 0.126 e. The van der Waals surface area contributed by atoms with Crippen LogP contribution in [0.2, 0.25) is 0 Å². The van der Waals surface area contributed by atoms with Gasteiger partial charge in [0.25, 0.3) is 0 Å². The van der Waals surface area contributed by atoms with E-state index in [2.05, 4.69) is 11.2 Å². The van der Waals surface area contributed by atoms with Crippen molar-refractivity contribution in [1.29, 1.82) is 0 Å². The molecule has 0 spiro atoms. The van der Waals surface area contributed by atoms with Crippen molar-refractivity contribution in [3.8, 4) is 12.3 Å². The summed E-state index contributed by atoms with van der Waals surface area (Å²) in [5.74, 6) is 2.41. The van der Waals surface area contributed by atoms with E-state index >= 15 is 0 Å². The predicted octanol–water partition coefficient (Wildman–Crippen LogP) is 2.25. The molecule has 0 radical (unpaired) electrons. The number of halogens is 1. The van der Waals surface area contributed by atoms with Crippen molar-refractivity contribution in [2.24, 2.45) is 0 Å². The SMILES string of the molecule is C#CC(C)NCc1ccc(F)c(C)c1. The molecule has 1 unspecified atom stereocenters. The third-order valence-corrected chi connectivity index (χ3v) is 2.08. The normalized spacial score (nSPS) is 12.1. The maximum atomic E-state index is 12.9. The van der Waals surface area contributed by atoms with Gasteiger partial charge in [0.15, 0.2) is 0 Å². The molecular weight excluding hydrogens is 177 g/mol. The zero-order valence-electron chi connectivity index (χ0n) is 8.47. The van der Waals surface area contributed by atoms with E-state index in [1.165, 1.54) is 6.07 Å². The molecule has 14 heavy (non-hydrogen) atoms. The molecule has 1 N–H and O–H groups in total. The van der Waals surface area contributed by atoms with Crippen LogP contribution < -0.4 is 5.32 Å². The van der Waals surface area contributed by atoms with E-state index in [0.717, 1.165) is 5.56 Å². The molecule has 0 amide bonds. The van der Waals surface area contributed by atoms with Gasteiger partial charge in [0.1, 0.15) is 5.82 Å². The molecule has 0 saturated heterocycles. The van der Waals surface area contributed by atoms with Crippen LogP contribution in [0.15, 0.2) is 18.2 Å². The lowest BCUT2D eigenvalue weighted by atomic mass is 10.1. The van der Waals surface area contributed by atoms with Gasteiger partial charge in [-0.3, -0.25) is 5.32 Å². The summed E-state index contributed by atoms with van der Waals surface area (Å²) in [7, 11) is 0. The molecule has 0 aliphatic carbocycles. The molecule has 0 fully saturated rings. The Labute approximate surface area is 84.3 Å². The van der Waals surface area contributed by atoms with Crippen LogP contribution in [0.1, 0.15) is 18.1 Å². The van der Waals surface area contributed by atoms with Crippen LogP contribution in [-0.4, -0.2) is 6.04 Å². The number of hydrogen-bond donors (Lipinski definition) is 1. The average molecular weight is 191 g/mol. The Bertz CT molecular complexity index is 352. The number of aryl methyl sites for hydroxylation is 1. The largest absolute Gasteiger partial charge is 0.300 e. The summed E-state index contributed by atoms with van der Waals surface area (Å²) >= 11 is 0. The molecule has 2 heteroatoms. The van der Waals surface area contributed by atoms with Crippen LogP contribution in [0, 0.1) is 25.1 Å². The first-order valence-electron chi connectivity index (χ1n) is 4.58. The van der Waals surface area contributed by atoms with Crippen LogP contribution in [0.5, 0.6) is 0 Å². The van der Waals surface area contributed by atoms with Gasteiger partial charge in [-0.25, -0.2) is 4.39 Å². The molecule has 74 valence electrons. The van der Waals surface area contributed by atoms with Crippen molar-refractivity contribution in [3.63, 3.8) is 0 Å². The van der Waals surface area contributed by atoms with Crippen LogP contribution in [0.25, 0.3) is 0 Å². The second kappa shape index (κ2) is 4.78. The number of rotatable bonds is 3. The van der Waals surface area contributed by atoms with Crippen molar-refractivity contribution < 1.29 is 4.39 Å². The highest BCUT2D eigenvalue weighted by molar-refractivity contribution is 5.23. The van der Waals surface area contributed by atoms with Gasteiger partial charge in [-0.2, -0.15) is 0 Å². The second-order valence-electron chi connectivity index (χ2n) is 3.35. The van der Waals surface area contributed by atoms with E-state index in [4.69, 9.17) is 6.42 Å². The van der Waals surface area contributed by atoms with Gasteiger partial charge in [-0.1, -0.05) is 18.1 Å². The molecule has 1 atom stereocenters. The zero-order chi connectivity index (χ0) is 10.6. The topological polar surface area (TPSA) is 12.0 Å². The molecule has 1 aromatic rings. The molecule has 1 aromatic carbocycles. The Kier molecular flexibility index (Phi) is 3.67. The number of terminal acetylenes is 1. The van der Waals surface area contributed by atoms with E-state index in [1.54, 1.807) is 13.0 Å². The first kappa shape index (κ1) is 10.7. The fraction of sp³-hybridized carbons (Fsp3) is 0.333. The van der Waals surface area contributed by atoms with Crippen molar-refractivity contribution >= 4 is 0 Å². The lowest BCUT2D eigenvalue weighted by molar-refractivity contribution is 0.613. The molecule has 0 heterocycles. The number of hydrogen-bond acceptors (Lipinski definition) is 1. The van der Waals surface area contributed by atoms with E-state index in [1.807, 2.05) is 13.0 Å². The predicted molar refractivity (Wildman–Crippen MR) is 56.3 cm³/mol. The Morgan fingerprint density at radius 2 is 2.29 bits per heavy atom. The van der Waals surface area contributed by atoms with Gasteiger partial charge < -0.3 is 0 Å². The highest BCUT2D eigenvalue weighted by Crippen LogP contribution is 2.08. The molecule has 1 nitrogen and oxygen atoms in total. The average Bonchev–Trinajstić information content (AvgIpc) is 2.19. The van der Waals surface area contributed by atoms with Crippen molar-refractivity contribution in [2.45, 2.75) is 26.4 Å². The van der Waals surface area contributed by atoms with Crippen molar-refractivity contribution in [2.75, 3.05) is 0 Å². The maximum absolute atomic E-state index is 12.9. The van der Waals surface area contributed by atoms with Crippen LogP contribution in [0.3, 0.4) is 0 Å². The smallest absolute Gasteiger partial charge is 0.126 e. The van der Waals surface area contributed by atoms with Gasteiger partial charge in [0.05, 0.1) is 6.04 Å². The molecule has 1 rings (SSSR count). The minimum absolute atomic E-state index is 0.0420. The Morgan fingerprint density at radius 3 is 2.86 bits per heavy atom. The first-order valence-corrected chi connectivity index (χ1v) is 4.58. The van der Waals surface area contributed by atoms with Crippen LogP contribution in [0.4, 0.5) is 4.39 Å². The van der Waals surface area contributed by atoms with Gasteiger partial charge in [-0.05, 0) is 31.0 Å². The van der Waals surface area contributed by atoms with E-state index in [9.17, 15) is 4.39 Å². The standard InChI is InChI=1S/C12H14FN/c1-4-10(3)14-8-11-5-6-12(13)9(2)7-11/h1,5-7,10,14H,8H2,2-3H3. The molecule has 0 aliphatic rings. The molecular formula is C12H14FN. The summed E-state index contributed by atoms with van der Waals surface area (Å²) in [5.41, 5.74) is 1.71. The molecule has 0 saturated carbocycles. The van der Waals surface area contributed by atoms with Crippen molar-refractivity contribution in [3.05, 3.63) is 35.1 Å². The monoisotopic (exact) mass is 191 g/mol. The van der Waals surface area contributed by atoms with Crippen molar-refractivity contribution in [1.82, 2.24) is 5.32 Å². The summed E-state index contributed by atoms with van der Waals surface area (Å²) in [5, 5.41) is 3.14. The molecule has 0 bridgehead atoms. The summed E-state index contributed by atoms with van der Waals surface area (Å²) in [6.07, 6.45) is 5.22. The first-order chi connectivity index (χ1) is 6.63. The fourth-order valence-corrected chi connectivity index (χ4v) is 1.15. The number of benzene rings is 1.